The molecule has 1 aromatic heterocycles. The number of carbonyl (C=O) groups excluding carboxylic acids is 1. The fourth-order valence-electron chi connectivity index (χ4n) is 3.19. The summed E-state index contributed by atoms with van der Waals surface area (Å²) < 4.78 is 15.6. The van der Waals surface area contributed by atoms with Crippen molar-refractivity contribution in [3.8, 4) is 0 Å². The molecule has 0 saturated carbocycles. The number of carbonyl (C=O) groups is 1. The number of aliphatic imine (C=N–C) groups is 1. The van der Waals surface area contributed by atoms with E-state index < -0.39 is 0 Å². The number of halogens is 1. The number of rotatable bonds is 7. The third kappa shape index (κ3) is 7.13. The number of amidine groups is 1. The molecule has 2 heterocycles. The lowest BCUT2D eigenvalue weighted by Crippen LogP contribution is -2.27. The second-order valence-electron chi connectivity index (χ2n) is 7.18. The number of aromatic nitrogens is 1. The van der Waals surface area contributed by atoms with Gasteiger partial charge in [-0.2, -0.15) is 0 Å². The number of hydrogen-bond acceptors (Lipinski definition) is 5. The first kappa shape index (κ1) is 25.4. The summed E-state index contributed by atoms with van der Waals surface area (Å²) in [5, 5.41) is 6.36. The first-order valence-electron chi connectivity index (χ1n) is 11.2. The number of ether oxygens (including phenoxy) is 1. The molecule has 6 nitrogen and oxygen atoms in total. The standard InChI is InChI=1S/C24H24N4O2S.C2H5F/c1-2-30-13-12-26-24(29)18-9-10-22-20(14-18)28-23(19-7-3-4-8-21(19)31-22)27-16-17-6-5-11-25-15-17;1-2-3/h3-11,14-15H,2,12-13,16H2,1H3,(H,26,29)(H,27,28);2H2,1H3. The van der Waals surface area contributed by atoms with Crippen LogP contribution in [0.2, 0.25) is 0 Å². The number of alkyl halides is 1. The molecule has 4 rings (SSSR count). The number of anilines is 1. The van der Waals surface area contributed by atoms with E-state index in [9.17, 15) is 9.18 Å². The highest BCUT2D eigenvalue weighted by molar-refractivity contribution is 7.99. The largest absolute Gasteiger partial charge is 0.380 e. The van der Waals surface area contributed by atoms with Gasteiger partial charge >= 0.3 is 0 Å². The Labute approximate surface area is 204 Å². The summed E-state index contributed by atoms with van der Waals surface area (Å²) in [6.45, 7) is 5.28. The Balaban J connectivity index is 0.00000103. The van der Waals surface area contributed by atoms with E-state index in [4.69, 9.17) is 9.73 Å². The van der Waals surface area contributed by atoms with Crippen LogP contribution in [0.25, 0.3) is 0 Å². The molecular weight excluding hydrogens is 451 g/mol. The third-order valence-electron chi connectivity index (χ3n) is 4.74. The number of amides is 1. The lowest BCUT2D eigenvalue weighted by atomic mass is 10.1. The molecule has 1 amide bonds. The highest BCUT2D eigenvalue weighted by atomic mass is 32.2. The van der Waals surface area contributed by atoms with Crippen molar-refractivity contribution < 1.29 is 13.9 Å². The van der Waals surface area contributed by atoms with Crippen molar-refractivity contribution in [2.45, 2.75) is 30.2 Å². The summed E-state index contributed by atoms with van der Waals surface area (Å²) in [6, 6.07) is 17.8. The molecule has 8 heteroatoms. The molecule has 1 aliphatic rings. The number of nitrogens with one attached hydrogen (secondary N) is 2. The van der Waals surface area contributed by atoms with Crippen LogP contribution in [-0.2, 0) is 11.3 Å². The fourth-order valence-corrected chi connectivity index (χ4v) is 4.21. The van der Waals surface area contributed by atoms with Gasteiger partial charge in [0, 0.05) is 46.5 Å². The molecule has 2 N–H and O–H groups in total. The SMILES string of the molecule is CCF.CCOCCNC(=O)c1ccc2c(c1)NC(=NCc1cccnc1)c1ccccc1S2. The summed E-state index contributed by atoms with van der Waals surface area (Å²) >= 11 is 1.67. The van der Waals surface area contributed by atoms with Gasteiger partial charge in [0.1, 0.15) is 5.84 Å². The zero-order chi connectivity index (χ0) is 24.2. The number of nitrogens with zero attached hydrogens (tertiary/aromatic N) is 2. The Kier molecular flexibility index (Phi) is 10.1. The molecule has 0 spiro atoms. The fraction of sp³-hybridized carbons (Fsp3) is 0.269. The topological polar surface area (TPSA) is 75.6 Å². The van der Waals surface area contributed by atoms with Gasteiger partial charge in [-0.3, -0.25) is 19.2 Å². The van der Waals surface area contributed by atoms with E-state index in [-0.39, 0.29) is 12.6 Å². The van der Waals surface area contributed by atoms with Gasteiger partial charge in [-0.1, -0.05) is 36.0 Å². The van der Waals surface area contributed by atoms with Crippen molar-refractivity contribution in [2.75, 3.05) is 31.7 Å². The molecule has 178 valence electrons. The summed E-state index contributed by atoms with van der Waals surface area (Å²) in [5.41, 5.74) is 3.54. The highest BCUT2D eigenvalue weighted by Gasteiger charge is 2.19. The molecular formula is C26H29FN4O2S. The zero-order valence-corrected chi connectivity index (χ0v) is 20.2. The van der Waals surface area contributed by atoms with Crippen molar-refractivity contribution in [2.24, 2.45) is 4.99 Å². The third-order valence-corrected chi connectivity index (χ3v) is 5.89. The van der Waals surface area contributed by atoms with Crippen LogP contribution < -0.4 is 10.6 Å². The van der Waals surface area contributed by atoms with Gasteiger partial charge in [0.15, 0.2) is 0 Å². The summed E-state index contributed by atoms with van der Waals surface area (Å²) in [4.78, 5) is 23.7. The molecule has 0 fully saturated rings. The zero-order valence-electron chi connectivity index (χ0n) is 19.4. The van der Waals surface area contributed by atoms with Crippen LogP contribution in [0.15, 0.2) is 81.8 Å². The Hall–Kier alpha value is -3.23. The minimum Gasteiger partial charge on any atom is -0.380 e. The molecule has 1 aliphatic heterocycles. The molecule has 0 aliphatic carbocycles. The number of fused-ring (bicyclic) bond motifs is 2. The molecule has 3 aromatic rings. The van der Waals surface area contributed by atoms with Crippen molar-refractivity contribution in [1.29, 1.82) is 0 Å². The second kappa shape index (κ2) is 13.5. The summed E-state index contributed by atoms with van der Waals surface area (Å²) in [6.07, 6.45) is 3.57. The van der Waals surface area contributed by atoms with Gasteiger partial charge in [0.2, 0.25) is 0 Å². The Morgan fingerprint density at radius 2 is 1.97 bits per heavy atom. The van der Waals surface area contributed by atoms with Gasteiger partial charge in [0.25, 0.3) is 5.91 Å². The Morgan fingerprint density at radius 3 is 2.74 bits per heavy atom. The van der Waals surface area contributed by atoms with E-state index >= 15 is 0 Å². The maximum atomic E-state index is 12.6. The molecule has 0 unspecified atom stereocenters. The molecule has 34 heavy (non-hydrogen) atoms. The first-order chi connectivity index (χ1) is 16.7. The maximum absolute atomic E-state index is 12.6. The van der Waals surface area contributed by atoms with Crippen LogP contribution in [0.3, 0.4) is 0 Å². The number of hydrogen-bond donors (Lipinski definition) is 2. The van der Waals surface area contributed by atoms with E-state index in [1.54, 1.807) is 18.0 Å². The van der Waals surface area contributed by atoms with E-state index in [2.05, 4.69) is 27.8 Å². The average Bonchev–Trinajstić information content (AvgIpc) is 3.02. The van der Waals surface area contributed by atoms with Crippen LogP contribution in [0.4, 0.5) is 10.1 Å². The first-order valence-corrected chi connectivity index (χ1v) is 12.0. The average molecular weight is 481 g/mol. The van der Waals surface area contributed by atoms with Crippen LogP contribution in [0.5, 0.6) is 0 Å². The Bertz CT molecular complexity index is 1110. The van der Waals surface area contributed by atoms with E-state index in [1.165, 1.54) is 6.92 Å². The van der Waals surface area contributed by atoms with Gasteiger partial charge in [-0.25, -0.2) is 0 Å². The van der Waals surface area contributed by atoms with Crippen molar-refractivity contribution >= 4 is 29.2 Å². The molecule has 0 radical (unpaired) electrons. The minimum absolute atomic E-state index is 0.120. The Morgan fingerprint density at radius 1 is 1.15 bits per heavy atom. The van der Waals surface area contributed by atoms with Crippen LogP contribution >= 0.6 is 11.8 Å². The predicted molar refractivity (Wildman–Crippen MR) is 136 cm³/mol. The number of benzene rings is 2. The minimum atomic E-state index is -0.250. The maximum Gasteiger partial charge on any atom is 0.251 e. The molecule has 2 aromatic carbocycles. The van der Waals surface area contributed by atoms with Crippen molar-refractivity contribution in [3.05, 3.63) is 83.7 Å². The molecule has 0 saturated heterocycles. The van der Waals surface area contributed by atoms with Crippen LogP contribution in [0.1, 0.15) is 35.3 Å². The van der Waals surface area contributed by atoms with E-state index in [0.29, 0.717) is 31.9 Å². The van der Waals surface area contributed by atoms with Crippen LogP contribution in [-0.4, -0.2) is 43.2 Å². The van der Waals surface area contributed by atoms with Gasteiger partial charge < -0.3 is 15.4 Å². The van der Waals surface area contributed by atoms with Crippen LogP contribution in [0, 0.1) is 0 Å². The predicted octanol–water partition coefficient (Wildman–Crippen LogP) is 5.35. The highest BCUT2D eigenvalue weighted by Crippen LogP contribution is 2.39. The van der Waals surface area contributed by atoms with Gasteiger partial charge in [-0.05, 0) is 49.7 Å². The molecule has 0 atom stereocenters. The van der Waals surface area contributed by atoms with Crippen molar-refractivity contribution in [1.82, 2.24) is 10.3 Å². The lowest BCUT2D eigenvalue weighted by molar-refractivity contribution is 0.0922. The van der Waals surface area contributed by atoms with Gasteiger partial charge in [0.05, 0.1) is 25.5 Å². The quantitative estimate of drug-likeness (QED) is 0.446. The van der Waals surface area contributed by atoms with Gasteiger partial charge in [-0.15, -0.1) is 0 Å². The summed E-state index contributed by atoms with van der Waals surface area (Å²) in [7, 11) is 0. The normalized spacial score (nSPS) is 13.0. The summed E-state index contributed by atoms with van der Waals surface area (Å²) in [5.74, 6) is 0.657. The lowest BCUT2D eigenvalue weighted by Gasteiger charge is -2.12. The molecule has 0 bridgehead atoms. The van der Waals surface area contributed by atoms with Crippen molar-refractivity contribution in [3.63, 3.8) is 0 Å². The van der Waals surface area contributed by atoms with E-state index in [0.717, 1.165) is 32.4 Å². The van der Waals surface area contributed by atoms with E-state index in [1.807, 2.05) is 55.6 Å². The second-order valence-corrected chi connectivity index (χ2v) is 8.26. The number of pyridine rings is 1. The smallest absolute Gasteiger partial charge is 0.251 e. The monoisotopic (exact) mass is 480 g/mol.